The number of nitro benzene ring substituents is 2. The Labute approximate surface area is 129 Å². The lowest BCUT2D eigenvalue weighted by atomic mass is 10.2. The average Bonchev–Trinajstić information content (AvgIpc) is 3.02. The summed E-state index contributed by atoms with van der Waals surface area (Å²) < 4.78 is 0. The number of anilines is 1. The van der Waals surface area contributed by atoms with E-state index in [1.54, 1.807) is 0 Å². The van der Waals surface area contributed by atoms with Gasteiger partial charge >= 0.3 is 5.69 Å². The summed E-state index contributed by atoms with van der Waals surface area (Å²) in [6.07, 6.45) is 0.647. The second-order valence-corrected chi connectivity index (χ2v) is 5.16. The lowest BCUT2D eigenvalue weighted by Crippen LogP contribution is -2.03. The minimum atomic E-state index is -0.679. The summed E-state index contributed by atoms with van der Waals surface area (Å²) in [6, 6.07) is 7.18. The number of nitro groups is 2. The van der Waals surface area contributed by atoms with Gasteiger partial charge in [0.25, 0.3) is 5.69 Å². The number of rotatable bonds is 6. The lowest BCUT2D eigenvalue weighted by molar-refractivity contribution is -0.393. The maximum atomic E-state index is 11.0. The van der Waals surface area contributed by atoms with E-state index in [4.69, 9.17) is 0 Å². The first-order chi connectivity index (χ1) is 10.5. The summed E-state index contributed by atoms with van der Waals surface area (Å²) >= 11 is 1.51. The van der Waals surface area contributed by atoms with E-state index in [1.165, 1.54) is 23.5 Å². The van der Waals surface area contributed by atoms with Crippen LogP contribution in [0.2, 0.25) is 0 Å². The largest absolute Gasteiger partial charge is 0.301 e. The van der Waals surface area contributed by atoms with Crippen molar-refractivity contribution in [3.63, 3.8) is 0 Å². The third kappa shape index (κ3) is 3.44. The van der Waals surface area contributed by atoms with Crippen molar-refractivity contribution in [3.05, 3.63) is 60.8 Å². The van der Waals surface area contributed by atoms with Crippen molar-refractivity contribution in [2.24, 2.45) is 5.10 Å². The molecule has 0 aliphatic heterocycles. The SMILES string of the molecule is CC/C(=N/Nc1ccc([N+](=O)[O-])cc1[N+](=O)[O-])c1cccs1. The molecule has 0 atom stereocenters. The van der Waals surface area contributed by atoms with Gasteiger partial charge in [-0.05, 0) is 23.9 Å². The summed E-state index contributed by atoms with van der Waals surface area (Å²) in [7, 11) is 0. The van der Waals surface area contributed by atoms with E-state index >= 15 is 0 Å². The van der Waals surface area contributed by atoms with E-state index in [0.29, 0.717) is 6.42 Å². The highest BCUT2D eigenvalue weighted by Gasteiger charge is 2.19. The molecular formula is C13H12N4O4S. The second-order valence-electron chi connectivity index (χ2n) is 4.22. The van der Waals surface area contributed by atoms with Gasteiger partial charge in [-0.3, -0.25) is 25.7 Å². The molecule has 8 nitrogen and oxygen atoms in total. The number of nitrogens with zero attached hydrogens (tertiary/aromatic N) is 3. The van der Waals surface area contributed by atoms with Crippen molar-refractivity contribution in [3.8, 4) is 0 Å². The molecule has 0 fully saturated rings. The van der Waals surface area contributed by atoms with Crippen LogP contribution in [0.3, 0.4) is 0 Å². The Morgan fingerprint density at radius 3 is 2.59 bits per heavy atom. The van der Waals surface area contributed by atoms with E-state index in [2.05, 4.69) is 10.5 Å². The molecule has 0 bridgehead atoms. The molecule has 22 heavy (non-hydrogen) atoms. The number of hydrogen-bond donors (Lipinski definition) is 1. The quantitative estimate of drug-likeness (QED) is 0.494. The Morgan fingerprint density at radius 2 is 2.05 bits per heavy atom. The maximum absolute atomic E-state index is 11.0. The van der Waals surface area contributed by atoms with Crippen molar-refractivity contribution in [1.29, 1.82) is 0 Å². The highest BCUT2D eigenvalue weighted by Crippen LogP contribution is 2.29. The van der Waals surface area contributed by atoms with E-state index in [-0.39, 0.29) is 17.1 Å². The molecule has 0 aliphatic carbocycles. The Balaban J connectivity index is 2.32. The van der Waals surface area contributed by atoms with Crippen molar-refractivity contribution in [1.82, 2.24) is 0 Å². The van der Waals surface area contributed by atoms with Crippen molar-refractivity contribution in [2.45, 2.75) is 13.3 Å². The van der Waals surface area contributed by atoms with Gasteiger partial charge in [-0.2, -0.15) is 5.10 Å². The second kappa shape index (κ2) is 6.76. The standard InChI is InChI=1S/C13H12N4O4S/c1-2-10(13-4-3-7-22-13)14-15-11-6-5-9(16(18)19)8-12(11)17(20)21/h3-8,15H,2H2,1H3/b14-10-. The molecule has 0 amide bonds. The van der Waals surface area contributed by atoms with Gasteiger partial charge in [-0.25, -0.2) is 0 Å². The number of nitrogens with one attached hydrogen (secondary N) is 1. The van der Waals surface area contributed by atoms with E-state index in [9.17, 15) is 20.2 Å². The number of thiophene rings is 1. The zero-order valence-corrected chi connectivity index (χ0v) is 12.4. The molecular weight excluding hydrogens is 308 g/mol. The summed E-state index contributed by atoms with van der Waals surface area (Å²) in [6.45, 7) is 1.92. The van der Waals surface area contributed by atoms with Gasteiger partial charge in [-0.15, -0.1) is 11.3 Å². The maximum Gasteiger partial charge on any atom is 0.301 e. The fourth-order valence-electron chi connectivity index (χ4n) is 1.76. The van der Waals surface area contributed by atoms with E-state index in [0.717, 1.165) is 16.7 Å². The normalized spacial score (nSPS) is 11.2. The van der Waals surface area contributed by atoms with Crippen molar-refractivity contribution < 1.29 is 9.85 Å². The molecule has 0 unspecified atom stereocenters. The summed E-state index contributed by atoms with van der Waals surface area (Å²) in [5.41, 5.74) is 2.77. The van der Waals surface area contributed by atoms with Crippen molar-refractivity contribution >= 4 is 34.1 Å². The third-order valence-corrected chi connectivity index (χ3v) is 3.76. The minimum absolute atomic E-state index is 0.109. The molecule has 1 aromatic carbocycles. The third-order valence-electron chi connectivity index (χ3n) is 2.84. The zero-order chi connectivity index (χ0) is 16.1. The fourth-order valence-corrected chi connectivity index (χ4v) is 2.54. The van der Waals surface area contributed by atoms with Crippen LogP contribution < -0.4 is 5.43 Å². The molecule has 0 saturated carbocycles. The first-order valence-corrected chi connectivity index (χ1v) is 7.20. The molecule has 1 heterocycles. The topological polar surface area (TPSA) is 111 Å². The van der Waals surface area contributed by atoms with E-state index < -0.39 is 9.85 Å². The molecule has 1 aromatic heterocycles. The molecule has 114 valence electrons. The predicted molar refractivity (Wildman–Crippen MR) is 84.5 cm³/mol. The van der Waals surface area contributed by atoms with Crippen LogP contribution in [0.1, 0.15) is 18.2 Å². The molecule has 0 spiro atoms. The number of hydrogen-bond acceptors (Lipinski definition) is 7. The Hall–Kier alpha value is -2.81. The molecule has 0 aliphatic rings. The van der Waals surface area contributed by atoms with Gasteiger partial charge in [0.1, 0.15) is 5.69 Å². The summed E-state index contributed by atoms with van der Waals surface area (Å²) in [5.74, 6) is 0. The molecule has 0 radical (unpaired) electrons. The molecule has 2 rings (SSSR count). The summed E-state index contributed by atoms with van der Waals surface area (Å²) in [5, 5.41) is 27.8. The van der Waals surface area contributed by atoms with Gasteiger partial charge < -0.3 is 0 Å². The van der Waals surface area contributed by atoms with Crippen LogP contribution in [-0.4, -0.2) is 15.6 Å². The highest BCUT2D eigenvalue weighted by atomic mass is 32.1. The molecule has 0 saturated heterocycles. The Morgan fingerprint density at radius 1 is 1.27 bits per heavy atom. The predicted octanol–water partition coefficient (Wildman–Crippen LogP) is 3.79. The fraction of sp³-hybridized carbons (Fsp3) is 0.154. The number of non-ortho nitro benzene ring substituents is 1. The van der Waals surface area contributed by atoms with Crippen molar-refractivity contribution in [2.75, 3.05) is 5.43 Å². The van der Waals surface area contributed by atoms with Gasteiger partial charge in [0.05, 0.1) is 26.5 Å². The van der Waals surface area contributed by atoms with Gasteiger partial charge in [-0.1, -0.05) is 13.0 Å². The van der Waals surface area contributed by atoms with Crippen LogP contribution in [0.5, 0.6) is 0 Å². The zero-order valence-electron chi connectivity index (χ0n) is 11.6. The Bertz CT molecular complexity index is 728. The van der Waals surface area contributed by atoms with E-state index in [1.807, 2.05) is 24.4 Å². The van der Waals surface area contributed by atoms with Gasteiger partial charge in [0, 0.05) is 6.07 Å². The first kappa shape index (κ1) is 15.6. The van der Waals surface area contributed by atoms with Crippen LogP contribution >= 0.6 is 11.3 Å². The molecule has 1 N–H and O–H groups in total. The average molecular weight is 320 g/mol. The molecule has 2 aromatic rings. The lowest BCUT2D eigenvalue weighted by Gasteiger charge is -2.05. The number of hydrazone groups is 1. The van der Waals surface area contributed by atoms with Crippen LogP contribution in [0.15, 0.2) is 40.8 Å². The van der Waals surface area contributed by atoms with Crippen LogP contribution in [0, 0.1) is 20.2 Å². The van der Waals surface area contributed by atoms with Crippen LogP contribution in [0.25, 0.3) is 0 Å². The first-order valence-electron chi connectivity index (χ1n) is 6.32. The van der Waals surface area contributed by atoms with Gasteiger partial charge in [0.15, 0.2) is 0 Å². The van der Waals surface area contributed by atoms with Gasteiger partial charge in [0.2, 0.25) is 0 Å². The van der Waals surface area contributed by atoms with Crippen LogP contribution in [-0.2, 0) is 0 Å². The smallest absolute Gasteiger partial charge is 0.271 e. The monoisotopic (exact) mass is 320 g/mol. The number of benzene rings is 1. The minimum Gasteiger partial charge on any atom is -0.271 e. The summed E-state index contributed by atoms with van der Waals surface area (Å²) in [4.78, 5) is 21.3. The molecule has 9 heteroatoms. The van der Waals surface area contributed by atoms with Crippen LogP contribution in [0.4, 0.5) is 17.1 Å². The Kier molecular flexibility index (Phi) is 4.79. The highest BCUT2D eigenvalue weighted by molar-refractivity contribution is 7.12.